The summed E-state index contributed by atoms with van der Waals surface area (Å²) < 4.78 is 7.64. The molecule has 1 aromatic carbocycles. The monoisotopic (exact) mass is 239 g/mol. The summed E-state index contributed by atoms with van der Waals surface area (Å²) in [4.78, 5) is 8.63. The van der Waals surface area contributed by atoms with E-state index in [1.54, 1.807) is 6.20 Å². The maximum atomic E-state index is 5.72. The highest BCUT2D eigenvalue weighted by molar-refractivity contribution is 5.49. The van der Waals surface area contributed by atoms with Crippen LogP contribution in [0.4, 0.5) is 0 Å². The average molecular weight is 239 g/mol. The molecule has 3 rings (SSSR count). The molecule has 4 heteroatoms. The third-order valence-corrected chi connectivity index (χ3v) is 2.68. The van der Waals surface area contributed by atoms with Crippen molar-refractivity contribution in [3.05, 3.63) is 60.2 Å². The number of aromatic nitrogens is 3. The number of hydrogen-bond acceptors (Lipinski definition) is 3. The van der Waals surface area contributed by atoms with Crippen LogP contribution < -0.4 is 4.74 Å². The summed E-state index contributed by atoms with van der Waals surface area (Å²) in [5.41, 5.74) is 2.82. The molecule has 0 N–H and O–H groups in total. The van der Waals surface area contributed by atoms with Gasteiger partial charge in [0.05, 0.1) is 5.69 Å². The van der Waals surface area contributed by atoms with Crippen molar-refractivity contribution < 1.29 is 4.74 Å². The smallest absolute Gasteiger partial charge is 0.258 e. The lowest BCUT2D eigenvalue weighted by molar-refractivity contribution is 0.296. The molecule has 2 aromatic heterocycles. The first-order chi connectivity index (χ1) is 8.83. The number of aryl methyl sites for hydroxylation is 1. The van der Waals surface area contributed by atoms with Gasteiger partial charge < -0.3 is 9.14 Å². The van der Waals surface area contributed by atoms with Gasteiger partial charge in [0.15, 0.2) is 0 Å². The predicted molar refractivity (Wildman–Crippen MR) is 68.5 cm³/mol. The Morgan fingerprint density at radius 2 is 2.06 bits per heavy atom. The van der Waals surface area contributed by atoms with E-state index in [0.29, 0.717) is 12.5 Å². The molecular formula is C14H13N3O. The Balaban J connectivity index is 1.86. The van der Waals surface area contributed by atoms with Gasteiger partial charge >= 0.3 is 0 Å². The van der Waals surface area contributed by atoms with Crippen LogP contribution in [-0.2, 0) is 6.61 Å². The van der Waals surface area contributed by atoms with Crippen molar-refractivity contribution in [3.63, 3.8) is 0 Å². The maximum absolute atomic E-state index is 5.72. The lowest BCUT2D eigenvalue weighted by Gasteiger charge is -2.05. The highest BCUT2D eigenvalue weighted by atomic mass is 16.5. The van der Waals surface area contributed by atoms with Gasteiger partial charge in [-0.15, -0.1) is 0 Å². The number of rotatable bonds is 3. The summed E-state index contributed by atoms with van der Waals surface area (Å²) in [6, 6.07) is 10.0. The molecule has 0 spiro atoms. The summed E-state index contributed by atoms with van der Waals surface area (Å²) in [6.07, 6.45) is 5.53. The molecule has 0 radical (unpaired) electrons. The fourth-order valence-corrected chi connectivity index (χ4v) is 1.85. The minimum absolute atomic E-state index is 0.499. The Hall–Kier alpha value is -2.36. The van der Waals surface area contributed by atoms with Crippen LogP contribution in [0.5, 0.6) is 5.88 Å². The minimum atomic E-state index is 0.499. The number of fused-ring (bicyclic) bond motifs is 1. The van der Waals surface area contributed by atoms with E-state index in [1.807, 2.05) is 54.0 Å². The Morgan fingerprint density at radius 1 is 1.22 bits per heavy atom. The van der Waals surface area contributed by atoms with Crippen LogP contribution in [0.3, 0.4) is 0 Å². The molecule has 4 nitrogen and oxygen atoms in total. The van der Waals surface area contributed by atoms with Crippen molar-refractivity contribution in [2.45, 2.75) is 13.5 Å². The van der Waals surface area contributed by atoms with Gasteiger partial charge in [-0.25, -0.2) is 9.97 Å². The van der Waals surface area contributed by atoms with Crippen molar-refractivity contribution >= 4 is 5.65 Å². The third-order valence-electron chi connectivity index (χ3n) is 2.68. The normalized spacial score (nSPS) is 10.7. The lowest BCUT2D eigenvalue weighted by Crippen LogP contribution is -1.99. The number of benzene rings is 1. The van der Waals surface area contributed by atoms with Crippen LogP contribution in [0.1, 0.15) is 11.3 Å². The molecule has 2 heterocycles. The zero-order valence-corrected chi connectivity index (χ0v) is 10.1. The molecule has 3 aromatic rings. The van der Waals surface area contributed by atoms with Crippen molar-refractivity contribution in [1.82, 2.24) is 14.4 Å². The van der Waals surface area contributed by atoms with Gasteiger partial charge in [0.1, 0.15) is 6.61 Å². The largest absolute Gasteiger partial charge is 0.470 e. The fraction of sp³-hybridized carbons (Fsp3) is 0.143. The number of imidazole rings is 1. The van der Waals surface area contributed by atoms with E-state index in [-0.39, 0.29) is 0 Å². The van der Waals surface area contributed by atoms with Crippen LogP contribution in [0.25, 0.3) is 5.65 Å². The first-order valence-electron chi connectivity index (χ1n) is 5.80. The van der Waals surface area contributed by atoms with E-state index in [1.165, 1.54) is 0 Å². The van der Waals surface area contributed by atoms with Crippen molar-refractivity contribution in [2.75, 3.05) is 0 Å². The highest BCUT2D eigenvalue weighted by Gasteiger charge is 2.06. The van der Waals surface area contributed by atoms with Crippen LogP contribution in [0, 0.1) is 6.92 Å². The van der Waals surface area contributed by atoms with E-state index in [9.17, 15) is 0 Å². The number of ether oxygens (including phenoxy) is 1. The molecule has 0 aliphatic rings. The topological polar surface area (TPSA) is 39.4 Å². The Bertz CT molecular complexity index is 661. The zero-order valence-electron chi connectivity index (χ0n) is 10.1. The van der Waals surface area contributed by atoms with Crippen molar-refractivity contribution in [1.29, 1.82) is 0 Å². The Kier molecular flexibility index (Phi) is 2.68. The molecule has 0 saturated carbocycles. The Morgan fingerprint density at radius 3 is 2.89 bits per heavy atom. The second kappa shape index (κ2) is 4.49. The molecule has 0 aliphatic carbocycles. The number of nitrogens with zero attached hydrogens (tertiary/aromatic N) is 3. The molecule has 0 fully saturated rings. The van der Waals surface area contributed by atoms with Gasteiger partial charge in [-0.1, -0.05) is 30.3 Å². The van der Waals surface area contributed by atoms with Crippen LogP contribution >= 0.6 is 0 Å². The van der Waals surface area contributed by atoms with Gasteiger partial charge in [-0.3, -0.25) is 0 Å². The zero-order chi connectivity index (χ0) is 12.4. The summed E-state index contributed by atoms with van der Waals surface area (Å²) in [5, 5.41) is 0. The van der Waals surface area contributed by atoms with E-state index in [0.717, 1.165) is 16.9 Å². The molecule has 18 heavy (non-hydrogen) atoms. The SMILES string of the molecule is Cc1cn2ccnc(OCc3ccccc3)c2n1. The van der Waals surface area contributed by atoms with Crippen molar-refractivity contribution in [3.8, 4) is 5.88 Å². The van der Waals surface area contributed by atoms with Crippen LogP contribution in [0.15, 0.2) is 48.9 Å². The third kappa shape index (κ3) is 2.05. The molecule has 0 unspecified atom stereocenters. The first kappa shape index (κ1) is 10.8. The Labute approximate surface area is 105 Å². The van der Waals surface area contributed by atoms with Gasteiger partial charge in [0.25, 0.3) is 5.88 Å². The van der Waals surface area contributed by atoms with E-state index < -0.39 is 0 Å². The molecule has 0 saturated heterocycles. The molecular weight excluding hydrogens is 226 g/mol. The predicted octanol–water partition coefficient (Wildman–Crippen LogP) is 2.62. The van der Waals surface area contributed by atoms with Crippen molar-refractivity contribution in [2.24, 2.45) is 0 Å². The summed E-state index contributed by atoms with van der Waals surface area (Å²) >= 11 is 0. The highest BCUT2D eigenvalue weighted by Crippen LogP contribution is 2.16. The van der Waals surface area contributed by atoms with E-state index in [4.69, 9.17) is 4.74 Å². The van der Waals surface area contributed by atoms with Gasteiger partial charge in [0.2, 0.25) is 5.65 Å². The van der Waals surface area contributed by atoms with E-state index >= 15 is 0 Å². The molecule has 0 bridgehead atoms. The maximum Gasteiger partial charge on any atom is 0.258 e. The molecule has 0 atom stereocenters. The molecule has 90 valence electrons. The summed E-state index contributed by atoms with van der Waals surface area (Å²) in [5.74, 6) is 0.564. The molecule has 0 aliphatic heterocycles. The average Bonchev–Trinajstić information content (AvgIpc) is 2.78. The number of hydrogen-bond donors (Lipinski definition) is 0. The second-order valence-corrected chi connectivity index (χ2v) is 4.12. The van der Waals surface area contributed by atoms with Gasteiger partial charge in [-0.05, 0) is 12.5 Å². The molecule has 0 amide bonds. The lowest BCUT2D eigenvalue weighted by atomic mass is 10.2. The standard InChI is InChI=1S/C14H13N3O/c1-11-9-17-8-7-15-14(13(17)16-11)18-10-12-5-3-2-4-6-12/h2-9H,10H2,1H3. The van der Waals surface area contributed by atoms with E-state index in [2.05, 4.69) is 9.97 Å². The summed E-state index contributed by atoms with van der Waals surface area (Å²) in [7, 11) is 0. The minimum Gasteiger partial charge on any atom is -0.470 e. The van der Waals surface area contributed by atoms with Crippen LogP contribution in [0.2, 0.25) is 0 Å². The van der Waals surface area contributed by atoms with Crippen LogP contribution in [-0.4, -0.2) is 14.4 Å². The quantitative estimate of drug-likeness (QED) is 0.705. The second-order valence-electron chi connectivity index (χ2n) is 4.12. The first-order valence-corrected chi connectivity index (χ1v) is 5.80. The fourth-order valence-electron chi connectivity index (χ4n) is 1.85. The van der Waals surface area contributed by atoms with Gasteiger partial charge in [-0.2, -0.15) is 0 Å². The van der Waals surface area contributed by atoms with Gasteiger partial charge in [0, 0.05) is 18.6 Å². The summed E-state index contributed by atoms with van der Waals surface area (Å²) in [6.45, 7) is 2.45.